The molecule has 0 aliphatic carbocycles. The van der Waals surface area contributed by atoms with E-state index in [2.05, 4.69) is 0 Å². The largest absolute Gasteiger partial charge is 0.204 e. The highest BCUT2D eigenvalue weighted by atomic mass is 32.2. The van der Waals surface area contributed by atoms with E-state index in [1.807, 2.05) is 6.92 Å². The summed E-state index contributed by atoms with van der Waals surface area (Å²) < 4.78 is 25.6. The zero-order valence-electron chi connectivity index (χ0n) is 6.81. The lowest BCUT2D eigenvalue weighted by atomic mass is 10.2. The second kappa shape index (κ2) is 4.45. The minimum absolute atomic E-state index is 0.446. The lowest BCUT2D eigenvalue weighted by molar-refractivity contribution is 0.502. The average molecular weight is 188 g/mol. The maximum Gasteiger partial charge on any atom is 0.162 e. The van der Waals surface area contributed by atoms with Gasteiger partial charge in [0.25, 0.3) is 0 Å². The lowest BCUT2D eigenvalue weighted by Crippen LogP contribution is -1.91. The third-order valence-corrected chi connectivity index (χ3v) is 2.42. The zero-order chi connectivity index (χ0) is 8.97. The van der Waals surface area contributed by atoms with Gasteiger partial charge in [-0.3, -0.25) is 0 Å². The summed E-state index contributed by atoms with van der Waals surface area (Å²) in [6, 6.07) is 4.28. The highest BCUT2D eigenvalue weighted by molar-refractivity contribution is 7.98. The van der Waals surface area contributed by atoms with E-state index >= 15 is 0 Å². The Bertz CT molecular complexity index is 261. The molecule has 1 rings (SSSR count). The van der Waals surface area contributed by atoms with Crippen molar-refractivity contribution in [2.75, 3.05) is 5.75 Å². The minimum atomic E-state index is -0.760. The summed E-state index contributed by atoms with van der Waals surface area (Å²) in [6.45, 7) is 1.99. The van der Waals surface area contributed by atoms with Gasteiger partial charge in [0.05, 0.1) is 0 Å². The summed E-state index contributed by atoms with van der Waals surface area (Å²) in [5.74, 6) is -0.0154. The van der Waals surface area contributed by atoms with E-state index in [1.165, 1.54) is 6.07 Å². The van der Waals surface area contributed by atoms with Crippen molar-refractivity contribution in [3.63, 3.8) is 0 Å². The molecule has 0 atom stereocenters. The molecule has 0 spiro atoms. The molecular formula is C9H10F2S. The van der Waals surface area contributed by atoms with E-state index in [-0.39, 0.29) is 0 Å². The van der Waals surface area contributed by atoms with Crippen LogP contribution in [0.5, 0.6) is 0 Å². The number of rotatable bonds is 3. The van der Waals surface area contributed by atoms with Gasteiger partial charge in [0.15, 0.2) is 11.6 Å². The Morgan fingerprint density at radius 3 is 2.75 bits per heavy atom. The highest BCUT2D eigenvalue weighted by Gasteiger charge is 2.05. The van der Waals surface area contributed by atoms with Crippen LogP contribution in [0.25, 0.3) is 0 Å². The van der Waals surface area contributed by atoms with E-state index in [9.17, 15) is 8.78 Å². The first-order valence-electron chi connectivity index (χ1n) is 3.76. The molecule has 66 valence electrons. The van der Waals surface area contributed by atoms with Crippen molar-refractivity contribution in [1.29, 1.82) is 0 Å². The van der Waals surface area contributed by atoms with E-state index < -0.39 is 11.6 Å². The third kappa shape index (κ3) is 2.21. The molecule has 0 nitrogen and oxygen atoms in total. The summed E-state index contributed by atoms with van der Waals surface area (Å²) in [7, 11) is 0. The molecule has 1 aromatic carbocycles. The van der Waals surface area contributed by atoms with E-state index in [0.717, 1.165) is 11.8 Å². The quantitative estimate of drug-likeness (QED) is 0.701. The number of thioether (sulfide) groups is 1. The summed E-state index contributed by atoms with van der Waals surface area (Å²) in [5.41, 5.74) is 0.446. The first-order chi connectivity index (χ1) is 5.75. The van der Waals surface area contributed by atoms with Crippen molar-refractivity contribution in [2.45, 2.75) is 12.7 Å². The predicted octanol–water partition coefficient (Wildman–Crippen LogP) is 3.22. The average Bonchev–Trinajstić information content (AvgIpc) is 2.08. The van der Waals surface area contributed by atoms with Crippen LogP contribution in [0.2, 0.25) is 0 Å². The fourth-order valence-corrected chi connectivity index (χ4v) is 1.52. The molecule has 0 unspecified atom stereocenters. The van der Waals surface area contributed by atoms with E-state index in [0.29, 0.717) is 11.3 Å². The van der Waals surface area contributed by atoms with Gasteiger partial charge >= 0.3 is 0 Å². The molecule has 0 fully saturated rings. The van der Waals surface area contributed by atoms with Crippen LogP contribution in [-0.4, -0.2) is 5.75 Å². The second-order valence-corrected chi connectivity index (χ2v) is 3.62. The summed E-state index contributed by atoms with van der Waals surface area (Å²) in [6.07, 6.45) is 0. The monoisotopic (exact) mass is 188 g/mol. The van der Waals surface area contributed by atoms with Gasteiger partial charge in [0.1, 0.15) is 0 Å². The lowest BCUT2D eigenvalue weighted by Gasteiger charge is -2.01. The van der Waals surface area contributed by atoms with Crippen molar-refractivity contribution >= 4 is 11.8 Å². The maximum atomic E-state index is 12.9. The Balaban J connectivity index is 2.78. The van der Waals surface area contributed by atoms with Gasteiger partial charge in [0.2, 0.25) is 0 Å². The van der Waals surface area contributed by atoms with Gasteiger partial charge < -0.3 is 0 Å². The topological polar surface area (TPSA) is 0 Å². The van der Waals surface area contributed by atoms with Gasteiger partial charge in [-0.2, -0.15) is 11.8 Å². The fraction of sp³-hybridized carbons (Fsp3) is 0.333. The molecule has 0 bridgehead atoms. The van der Waals surface area contributed by atoms with Crippen LogP contribution in [0, 0.1) is 11.6 Å². The Labute approximate surface area is 75.0 Å². The first kappa shape index (κ1) is 9.52. The number of hydrogen-bond acceptors (Lipinski definition) is 1. The number of benzene rings is 1. The minimum Gasteiger partial charge on any atom is -0.204 e. The SMILES string of the molecule is CCSCc1cccc(F)c1F. The third-order valence-electron chi connectivity index (χ3n) is 1.49. The van der Waals surface area contributed by atoms with Crippen molar-refractivity contribution in [2.24, 2.45) is 0 Å². The van der Waals surface area contributed by atoms with Gasteiger partial charge in [0, 0.05) is 11.3 Å². The Hall–Kier alpha value is -0.570. The molecule has 0 heterocycles. The molecule has 0 aliphatic rings. The van der Waals surface area contributed by atoms with Crippen molar-refractivity contribution in [3.8, 4) is 0 Å². The normalized spacial score (nSPS) is 10.2. The molecule has 0 aromatic heterocycles. The number of hydrogen-bond donors (Lipinski definition) is 0. The summed E-state index contributed by atoms with van der Waals surface area (Å²) in [4.78, 5) is 0. The van der Waals surface area contributed by atoms with Crippen LogP contribution in [-0.2, 0) is 5.75 Å². The van der Waals surface area contributed by atoms with Crippen molar-refractivity contribution < 1.29 is 8.78 Å². The van der Waals surface area contributed by atoms with Gasteiger partial charge in [-0.15, -0.1) is 0 Å². The summed E-state index contributed by atoms with van der Waals surface area (Å²) >= 11 is 1.58. The Morgan fingerprint density at radius 2 is 2.08 bits per heavy atom. The van der Waals surface area contributed by atoms with Crippen LogP contribution in [0.1, 0.15) is 12.5 Å². The highest BCUT2D eigenvalue weighted by Crippen LogP contribution is 2.17. The smallest absolute Gasteiger partial charge is 0.162 e. The van der Waals surface area contributed by atoms with Crippen LogP contribution in [0.3, 0.4) is 0 Å². The number of halogens is 2. The molecule has 3 heteroatoms. The molecule has 0 N–H and O–H groups in total. The molecule has 0 saturated heterocycles. The van der Waals surface area contributed by atoms with Gasteiger partial charge in [-0.05, 0) is 11.8 Å². The molecule has 0 aliphatic heterocycles. The summed E-state index contributed by atoms with van der Waals surface area (Å²) in [5, 5.41) is 0. The predicted molar refractivity (Wildman–Crippen MR) is 48.2 cm³/mol. The Kier molecular flexibility index (Phi) is 3.53. The molecule has 0 radical (unpaired) electrons. The molecule has 0 amide bonds. The van der Waals surface area contributed by atoms with Crippen LogP contribution < -0.4 is 0 Å². The molecular weight excluding hydrogens is 178 g/mol. The molecule has 0 saturated carbocycles. The molecule has 12 heavy (non-hydrogen) atoms. The van der Waals surface area contributed by atoms with Crippen molar-refractivity contribution in [1.82, 2.24) is 0 Å². The fourth-order valence-electron chi connectivity index (χ4n) is 0.872. The van der Waals surface area contributed by atoms with E-state index in [4.69, 9.17) is 0 Å². The van der Waals surface area contributed by atoms with E-state index in [1.54, 1.807) is 17.8 Å². The van der Waals surface area contributed by atoms with Crippen molar-refractivity contribution in [3.05, 3.63) is 35.4 Å². The van der Waals surface area contributed by atoms with Crippen LogP contribution in [0.4, 0.5) is 8.78 Å². The Morgan fingerprint density at radius 1 is 1.33 bits per heavy atom. The second-order valence-electron chi connectivity index (χ2n) is 2.35. The first-order valence-corrected chi connectivity index (χ1v) is 4.91. The maximum absolute atomic E-state index is 12.9. The zero-order valence-corrected chi connectivity index (χ0v) is 7.63. The van der Waals surface area contributed by atoms with Crippen LogP contribution >= 0.6 is 11.8 Å². The molecule has 1 aromatic rings. The van der Waals surface area contributed by atoms with Gasteiger partial charge in [-0.25, -0.2) is 8.78 Å². The van der Waals surface area contributed by atoms with Crippen LogP contribution in [0.15, 0.2) is 18.2 Å². The standard InChI is InChI=1S/C9H10F2S/c1-2-12-6-7-4-3-5-8(10)9(7)11/h3-5H,2,6H2,1H3. The van der Waals surface area contributed by atoms with Gasteiger partial charge in [-0.1, -0.05) is 19.1 Å².